The minimum Gasteiger partial charge on any atom is -0.392 e. The Morgan fingerprint density at radius 2 is 2.24 bits per heavy atom. The Kier molecular flexibility index (Phi) is 4.64. The van der Waals surface area contributed by atoms with Crippen LogP contribution in [0.25, 0.3) is 0 Å². The number of hydrogen-bond donors (Lipinski definition) is 1. The molecule has 2 unspecified atom stereocenters. The number of pyridine rings is 1. The molecule has 1 aliphatic carbocycles. The number of ether oxygens (including phenoxy) is 1. The molecule has 2 atom stereocenters. The van der Waals surface area contributed by atoms with Crippen molar-refractivity contribution in [3.63, 3.8) is 0 Å². The fraction of sp³-hybridized carbons (Fsp3) is 0.688. The predicted octanol–water partition coefficient (Wildman–Crippen LogP) is 2.60. The second-order valence-corrected chi connectivity index (χ2v) is 7.03. The summed E-state index contributed by atoms with van der Waals surface area (Å²) in [5.74, 6) is 0. The monoisotopic (exact) mass is 354 g/mol. The first-order valence-electron chi connectivity index (χ1n) is 7.76. The Hall–Kier alpha value is -0.490. The lowest BCUT2D eigenvalue weighted by molar-refractivity contribution is -0.209. The zero-order valence-electron chi connectivity index (χ0n) is 12.5. The molecule has 2 fully saturated rings. The molecule has 1 spiro atoms. The molecule has 1 aromatic heterocycles. The third kappa shape index (κ3) is 2.89. The first-order chi connectivity index (χ1) is 10.2. The molecule has 1 N–H and O–H groups in total. The van der Waals surface area contributed by atoms with E-state index < -0.39 is 0 Å². The smallest absolute Gasteiger partial charge is 0.0681 e. The Morgan fingerprint density at radius 3 is 2.86 bits per heavy atom. The van der Waals surface area contributed by atoms with Crippen LogP contribution in [0.4, 0.5) is 0 Å². The molecule has 0 bridgehead atoms. The highest BCUT2D eigenvalue weighted by Crippen LogP contribution is 2.51. The summed E-state index contributed by atoms with van der Waals surface area (Å²) < 4.78 is 6.89. The van der Waals surface area contributed by atoms with Gasteiger partial charge in [-0.1, -0.05) is 0 Å². The first kappa shape index (κ1) is 15.4. The average Bonchev–Trinajstić information content (AvgIpc) is 2.50. The molecule has 1 aliphatic heterocycles. The van der Waals surface area contributed by atoms with Crippen LogP contribution in [0.15, 0.2) is 22.9 Å². The number of rotatable bonds is 4. The van der Waals surface area contributed by atoms with Crippen LogP contribution in [0, 0.1) is 5.41 Å². The van der Waals surface area contributed by atoms with E-state index in [0.717, 1.165) is 50.0 Å². The van der Waals surface area contributed by atoms with Crippen molar-refractivity contribution < 1.29 is 9.84 Å². The van der Waals surface area contributed by atoms with Crippen LogP contribution >= 0.6 is 15.9 Å². The third-order valence-electron chi connectivity index (χ3n) is 5.15. The molecule has 4 nitrogen and oxygen atoms in total. The molecule has 3 rings (SSSR count). The number of aromatic nitrogens is 1. The van der Waals surface area contributed by atoms with E-state index in [9.17, 15) is 5.11 Å². The SMILES string of the molecule is CCOC1CC(O)C12CCN(Cc1ccncc1Br)CC2. The van der Waals surface area contributed by atoms with Crippen molar-refractivity contribution in [3.8, 4) is 0 Å². The van der Waals surface area contributed by atoms with E-state index in [4.69, 9.17) is 4.74 Å². The Balaban J connectivity index is 1.59. The van der Waals surface area contributed by atoms with E-state index in [0.29, 0.717) is 0 Å². The van der Waals surface area contributed by atoms with Crippen LogP contribution < -0.4 is 0 Å². The highest BCUT2D eigenvalue weighted by molar-refractivity contribution is 9.10. The molecule has 116 valence electrons. The van der Waals surface area contributed by atoms with E-state index in [1.807, 2.05) is 19.3 Å². The van der Waals surface area contributed by atoms with Crippen molar-refractivity contribution in [2.45, 2.75) is 44.9 Å². The lowest BCUT2D eigenvalue weighted by atomic mass is 9.58. The van der Waals surface area contributed by atoms with Gasteiger partial charge in [0.15, 0.2) is 0 Å². The molecular formula is C16H23BrN2O2. The van der Waals surface area contributed by atoms with Gasteiger partial charge in [-0.25, -0.2) is 0 Å². The van der Waals surface area contributed by atoms with Gasteiger partial charge < -0.3 is 9.84 Å². The largest absolute Gasteiger partial charge is 0.392 e. The van der Waals surface area contributed by atoms with Crippen molar-refractivity contribution >= 4 is 15.9 Å². The normalized spacial score (nSPS) is 28.5. The van der Waals surface area contributed by atoms with Crippen molar-refractivity contribution in [2.24, 2.45) is 5.41 Å². The second-order valence-electron chi connectivity index (χ2n) is 6.17. The van der Waals surface area contributed by atoms with Crippen LogP contribution in [0.3, 0.4) is 0 Å². The number of halogens is 1. The van der Waals surface area contributed by atoms with E-state index in [-0.39, 0.29) is 17.6 Å². The Morgan fingerprint density at radius 1 is 1.48 bits per heavy atom. The van der Waals surface area contributed by atoms with Gasteiger partial charge >= 0.3 is 0 Å². The Labute approximate surface area is 134 Å². The van der Waals surface area contributed by atoms with Crippen LogP contribution in [-0.4, -0.2) is 46.9 Å². The van der Waals surface area contributed by atoms with Crippen LogP contribution in [0.5, 0.6) is 0 Å². The molecule has 2 heterocycles. The standard InChI is InChI=1S/C16H23BrN2O2/c1-2-21-15-9-14(20)16(15)4-7-19(8-5-16)11-12-3-6-18-10-13(12)17/h3,6,10,14-15,20H,2,4-5,7-9,11H2,1H3. The van der Waals surface area contributed by atoms with E-state index >= 15 is 0 Å². The summed E-state index contributed by atoms with van der Waals surface area (Å²) in [5, 5.41) is 10.2. The average molecular weight is 355 g/mol. The summed E-state index contributed by atoms with van der Waals surface area (Å²) in [6, 6.07) is 2.07. The maximum atomic E-state index is 10.2. The first-order valence-corrected chi connectivity index (χ1v) is 8.55. The molecule has 1 aromatic rings. The fourth-order valence-electron chi connectivity index (χ4n) is 3.72. The van der Waals surface area contributed by atoms with Gasteiger partial charge in [-0.2, -0.15) is 0 Å². The predicted molar refractivity (Wildman–Crippen MR) is 84.9 cm³/mol. The molecule has 0 aromatic carbocycles. The van der Waals surface area contributed by atoms with Gasteiger partial charge in [-0.3, -0.25) is 9.88 Å². The van der Waals surface area contributed by atoms with Gasteiger partial charge in [0.25, 0.3) is 0 Å². The quantitative estimate of drug-likeness (QED) is 0.902. The summed E-state index contributed by atoms with van der Waals surface area (Å²) in [5.41, 5.74) is 1.29. The number of aliphatic hydroxyl groups excluding tert-OH is 1. The molecule has 21 heavy (non-hydrogen) atoms. The van der Waals surface area contributed by atoms with Crippen molar-refractivity contribution in [1.82, 2.24) is 9.88 Å². The highest BCUT2D eigenvalue weighted by Gasteiger charge is 2.55. The number of likely N-dealkylation sites (tertiary alicyclic amines) is 1. The summed E-state index contributed by atoms with van der Waals surface area (Å²) >= 11 is 3.56. The third-order valence-corrected chi connectivity index (χ3v) is 5.86. The fourth-order valence-corrected chi connectivity index (χ4v) is 4.09. The summed E-state index contributed by atoms with van der Waals surface area (Å²) in [4.78, 5) is 6.57. The number of piperidine rings is 1. The molecule has 1 saturated heterocycles. The van der Waals surface area contributed by atoms with Crippen molar-refractivity contribution in [2.75, 3.05) is 19.7 Å². The zero-order valence-corrected chi connectivity index (χ0v) is 14.1. The van der Waals surface area contributed by atoms with Gasteiger partial charge in [0, 0.05) is 41.9 Å². The van der Waals surface area contributed by atoms with Crippen molar-refractivity contribution in [3.05, 3.63) is 28.5 Å². The van der Waals surface area contributed by atoms with E-state index in [1.54, 1.807) is 0 Å². The van der Waals surface area contributed by atoms with Gasteiger partial charge in [0.05, 0.1) is 12.2 Å². The van der Waals surface area contributed by atoms with Gasteiger partial charge in [0.1, 0.15) is 0 Å². The number of nitrogens with zero attached hydrogens (tertiary/aromatic N) is 2. The van der Waals surface area contributed by atoms with Crippen LogP contribution in [0.2, 0.25) is 0 Å². The second kappa shape index (κ2) is 6.32. The zero-order chi connectivity index (χ0) is 14.9. The lowest BCUT2D eigenvalue weighted by Gasteiger charge is -2.56. The maximum absolute atomic E-state index is 10.2. The van der Waals surface area contributed by atoms with Crippen molar-refractivity contribution in [1.29, 1.82) is 0 Å². The van der Waals surface area contributed by atoms with Crippen LogP contribution in [0.1, 0.15) is 31.7 Å². The van der Waals surface area contributed by atoms with E-state index in [1.165, 1.54) is 5.56 Å². The minimum atomic E-state index is -0.177. The number of aliphatic hydroxyl groups is 1. The Bertz CT molecular complexity index is 487. The van der Waals surface area contributed by atoms with Gasteiger partial charge in [-0.15, -0.1) is 0 Å². The summed E-state index contributed by atoms with van der Waals surface area (Å²) in [6.45, 7) is 5.76. The maximum Gasteiger partial charge on any atom is 0.0681 e. The molecule has 0 amide bonds. The lowest BCUT2D eigenvalue weighted by Crippen LogP contribution is -2.62. The highest BCUT2D eigenvalue weighted by atomic mass is 79.9. The summed E-state index contributed by atoms with van der Waals surface area (Å²) in [7, 11) is 0. The molecular weight excluding hydrogens is 332 g/mol. The minimum absolute atomic E-state index is 0.0159. The van der Waals surface area contributed by atoms with Gasteiger partial charge in [-0.05, 0) is 60.4 Å². The molecule has 2 aliphatic rings. The number of hydrogen-bond acceptors (Lipinski definition) is 4. The van der Waals surface area contributed by atoms with Crippen LogP contribution in [-0.2, 0) is 11.3 Å². The molecule has 1 saturated carbocycles. The topological polar surface area (TPSA) is 45.6 Å². The molecule has 0 radical (unpaired) electrons. The summed E-state index contributed by atoms with van der Waals surface area (Å²) in [6.07, 6.45) is 6.64. The van der Waals surface area contributed by atoms with E-state index in [2.05, 4.69) is 31.9 Å². The van der Waals surface area contributed by atoms with Gasteiger partial charge in [0.2, 0.25) is 0 Å². The molecule has 5 heteroatoms.